The topological polar surface area (TPSA) is 80.0 Å². The third-order valence-corrected chi connectivity index (χ3v) is 3.78. The minimum atomic E-state index is -0.0547. The molecule has 2 aromatic rings. The van der Waals surface area contributed by atoms with E-state index in [1.807, 2.05) is 4.68 Å². The average molecular weight is 286 g/mol. The minimum Gasteiger partial charge on any atom is -0.508 e. The number of hydrogen-bond donors (Lipinski definition) is 2. The van der Waals surface area contributed by atoms with Crippen molar-refractivity contribution in [3.8, 4) is 5.75 Å². The lowest BCUT2D eigenvalue weighted by molar-refractivity contribution is 0.0988. The van der Waals surface area contributed by atoms with Crippen molar-refractivity contribution in [3.63, 3.8) is 0 Å². The van der Waals surface area contributed by atoms with E-state index in [1.165, 1.54) is 0 Å². The smallest absolute Gasteiger partial charge is 0.189 e. The molecule has 0 spiro atoms. The number of Topliss-reactive ketones (excluding diaryl/α,β-unsaturated/α-hetero) is 1. The Morgan fingerprint density at radius 1 is 1.29 bits per heavy atom. The van der Waals surface area contributed by atoms with Crippen LogP contribution < -0.4 is 5.32 Å². The molecule has 6 nitrogen and oxygen atoms in total. The maximum atomic E-state index is 12.2. The molecule has 2 N–H and O–H groups in total. The number of nitrogens with zero attached hydrogens (tertiary/aromatic N) is 3. The van der Waals surface area contributed by atoms with Crippen LogP contribution in [0.5, 0.6) is 5.75 Å². The van der Waals surface area contributed by atoms with Crippen molar-refractivity contribution in [2.24, 2.45) is 0 Å². The molecule has 0 aliphatic carbocycles. The average Bonchev–Trinajstić information content (AvgIpc) is 3.00. The van der Waals surface area contributed by atoms with Gasteiger partial charge in [0, 0.05) is 6.42 Å². The van der Waals surface area contributed by atoms with Gasteiger partial charge in [-0.2, -0.15) is 0 Å². The highest BCUT2D eigenvalue weighted by molar-refractivity contribution is 5.95. The summed E-state index contributed by atoms with van der Waals surface area (Å²) in [7, 11) is 0. The predicted molar refractivity (Wildman–Crippen MR) is 77.3 cm³/mol. The van der Waals surface area contributed by atoms with Gasteiger partial charge in [-0.05, 0) is 43.6 Å². The molecular weight excluding hydrogens is 268 g/mol. The number of phenols is 1. The lowest BCUT2D eigenvalue weighted by Gasteiger charge is -2.22. The highest BCUT2D eigenvalue weighted by Gasteiger charge is 2.18. The summed E-state index contributed by atoms with van der Waals surface area (Å²) in [6.45, 7) is 1.95. The van der Waals surface area contributed by atoms with Gasteiger partial charge in [0.25, 0.3) is 0 Å². The Kier molecular flexibility index (Phi) is 3.96. The molecule has 1 aromatic carbocycles. The predicted octanol–water partition coefficient (Wildman–Crippen LogP) is 1.33. The molecule has 0 atom stereocenters. The molecule has 1 aromatic heterocycles. The van der Waals surface area contributed by atoms with E-state index in [0.717, 1.165) is 31.5 Å². The summed E-state index contributed by atoms with van der Waals surface area (Å²) in [6, 6.07) is 6.96. The number of carbonyl (C=O) groups excluding carboxylic acids is 1. The van der Waals surface area contributed by atoms with Crippen molar-refractivity contribution in [1.82, 2.24) is 20.3 Å². The summed E-state index contributed by atoms with van der Waals surface area (Å²) in [5.41, 5.74) is 1.26. The zero-order valence-electron chi connectivity index (χ0n) is 11.7. The molecule has 0 radical (unpaired) electrons. The number of hydrogen-bond acceptors (Lipinski definition) is 5. The molecule has 1 aliphatic heterocycles. The van der Waals surface area contributed by atoms with E-state index in [2.05, 4.69) is 15.6 Å². The SMILES string of the molecule is O=C(Cc1ccc(O)cc1)c1cn(C2CCNCC2)nn1. The normalized spacial score (nSPS) is 16.0. The highest BCUT2D eigenvalue weighted by atomic mass is 16.3. The number of rotatable bonds is 4. The van der Waals surface area contributed by atoms with Gasteiger partial charge in [-0.15, -0.1) is 5.10 Å². The Morgan fingerprint density at radius 3 is 2.71 bits per heavy atom. The largest absolute Gasteiger partial charge is 0.508 e. The summed E-state index contributed by atoms with van der Waals surface area (Å²) in [5.74, 6) is 0.143. The molecule has 1 aliphatic rings. The van der Waals surface area contributed by atoms with Gasteiger partial charge in [0.15, 0.2) is 5.78 Å². The molecule has 0 amide bonds. The summed E-state index contributed by atoms with van der Waals surface area (Å²) in [5, 5.41) is 20.6. The second-order valence-electron chi connectivity index (χ2n) is 5.33. The van der Waals surface area contributed by atoms with Gasteiger partial charge in [-0.3, -0.25) is 4.79 Å². The van der Waals surface area contributed by atoms with Gasteiger partial charge < -0.3 is 10.4 Å². The Morgan fingerprint density at radius 2 is 2.00 bits per heavy atom. The Labute approximate surface area is 122 Å². The minimum absolute atomic E-state index is 0.0547. The van der Waals surface area contributed by atoms with Gasteiger partial charge >= 0.3 is 0 Å². The highest BCUT2D eigenvalue weighted by Crippen LogP contribution is 2.18. The molecule has 0 bridgehead atoms. The third kappa shape index (κ3) is 3.28. The van der Waals surface area contributed by atoms with Crippen molar-refractivity contribution in [3.05, 3.63) is 41.7 Å². The molecule has 21 heavy (non-hydrogen) atoms. The number of piperidine rings is 1. The molecule has 1 fully saturated rings. The van der Waals surface area contributed by atoms with E-state index < -0.39 is 0 Å². The van der Waals surface area contributed by atoms with E-state index in [9.17, 15) is 9.90 Å². The van der Waals surface area contributed by atoms with E-state index in [0.29, 0.717) is 11.7 Å². The first kappa shape index (κ1) is 13.8. The number of aromatic hydroxyl groups is 1. The lowest BCUT2D eigenvalue weighted by Crippen LogP contribution is -2.29. The zero-order valence-corrected chi connectivity index (χ0v) is 11.7. The fraction of sp³-hybridized carbons (Fsp3) is 0.400. The third-order valence-electron chi connectivity index (χ3n) is 3.78. The quantitative estimate of drug-likeness (QED) is 0.829. The van der Waals surface area contributed by atoms with Gasteiger partial charge in [0.05, 0.1) is 12.2 Å². The summed E-state index contributed by atoms with van der Waals surface area (Å²) in [4.78, 5) is 12.2. The summed E-state index contributed by atoms with van der Waals surface area (Å²) >= 11 is 0. The molecule has 0 unspecified atom stereocenters. The van der Waals surface area contributed by atoms with E-state index >= 15 is 0 Å². The van der Waals surface area contributed by atoms with E-state index in [-0.39, 0.29) is 18.0 Å². The lowest BCUT2D eigenvalue weighted by atomic mass is 10.1. The van der Waals surface area contributed by atoms with Gasteiger partial charge in [-0.25, -0.2) is 4.68 Å². The second kappa shape index (κ2) is 6.05. The number of benzene rings is 1. The number of aromatic nitrogens is 3. The van der Waals surface area contributed by atoms with E-state index in [1.54, 1.807) is 30.5 Å². The van der Waals surface area contributed by atoms with Crippen LogP contribution in [0.1, 0.15) is 34.9 Å². The number of carbonyl (C=O) groups is 1. The van der Waals surface area contributed by atoms with Crippen LogP contribution in [-0.4, -0.2) is 39.0 Å². The van der Waals surface area contributed by atoms with Crippen molar-refractivity contribution >= 4 is 5.78 Å². The molecule has 6 heteroatoms. The molecular formula is C15H18N4O2. The molecule has 3 rings (SSSR count). The van der Waals surface area contributed by atoms with Crippen LogP contribution in [-0.2, 0) is 6.42 Å². The maximum Gasteiger partial charge on any atom is 0.189 e. The van der Waals surface area contributed by atoms with Gasteiger partial charge in [0.2, 0.25) is 0 Å². The Hall–Kier alpha value is -2.21. The Balaban J connectivity index is 1.67. The summed E-state index contributed by atoms with van der Waals surface area (Å²) in [6.07, 6.45) is 4.04. The van der Waals surface area contributed by atoms with Crippen LogP contribution in [0.25, 0.3) is 0 Å². The van der Waals surface area contributed by atoms with Crippen LogP contribution >= 0.6 is 0 Å². The van der Waals surface area contributed by atoms with Crippen LogP contribution in [0, 0.1) is 0 Å². The standard InChI is InChI=1S/C15H18N4O2/c20-13-3-1-11(2-4-13)9-15(21)14-10-19(18-17-14)12-5-7-16-8-6-12/h1-4,10,12,16,20H,5-9H2. The van der Waals surface area contributed by atoms with Crippen molar-refractivity contribution in [1.29, 1.82) is 0 Å². The first-order valence-electron chi connectivity index (χ1n) is 7.16. The van der Waals surface area contributed by atoms with Crippen LogP contribution in [0.2, 0.25) is 0 Å². The van der Waals surface area contributed by atoms with Crippen molar-refractivity contribution < 1.29 is 9.90 Å². The summed E-state index contributed by atoms with van der Waals surface area (Å²) < 4.78 is 1.81. The van der Waals surface area contributed by atoms with Crippen molar-refractivity contribution in [2.75, 3.05) is 13.1 Å². The van der Waals surface area contributed by atoms with Gasteiger partial charge in [0.1, 0.15) is 11.4 Å². The molecule has 1 saturated heterocycles. The number of ketones is 1. The van der Waals surface area contributed by atoms with Gasteiger partial charge in [-0.1, -0.05) is 17.3 Å². The fourth-order valence-corrected chi connectivity index (χ4v) is 2.54. The fourth-order valence-electron chi connectivity index (χ4n) is 2.54. The zero-order chi connectivity index (χ0) is 14.7. The first-order valence-corrected chi connectivity index (χ1v) is 7.16. The van der Waals surface area contributed by atoms with Crippen LogP contribution in [0.15, 0.2) is 30.5 Å². The monoisotopic (exact) mass is 286 g/mol. The molecule has 110 valence electrons. The maximum absolute atomic E-state index is 12.2. The van der Waals surface area contributed by atoms with Crippen molar-refractivity contribution in [2.45, 2.75) is 25.3 Å². The molecule has 2 heterocycles. The molecule has 0 saturated carbocycles. The van der Waals surface area contributed by atoms with E-state index in [4.69, 9.17) is 0 Å². The number of phenolic OH excluding ortho intramolecular Hbond substituents is 1. The number of nitrogens with one attached hydrogen (secondary N) is 1. The van der Waals surface area contributed by atoms with Crippen LogP contribution in [0.4, 0.5) is 0 Å². The van der Waals surface area contributed by atoms with Crippen LogP contribution in [0.3, 0.4) is 0 Å². The Bertz CT molecular complexity index is 615. The first-order chi connectivity index (χ1) is 10.2. The second-order valence-corrected chi connectivity index (χ2v) is 5.33.